The normalized spacial score (nSPS) is 10.4. The van der Waals surface area contributed by atoms with Gasteiger partial charge in [-0.3, -0.25) is 9.78 Å². The predicted octanol–water partition coefficient (Wildman–Crippen LogP) is 2.72. The van der Waals surface area contributed by atoms with Gasteiger partial charge in [0.1, 0.15) is 5.82 Å². The molecule has 0 radical (unpaired) electrons. The Morgan fingerprint density at radius 3 is 2.75 bits per heavy atom. The van der Waals surface area contributed by atoms with Crippen LogP contribution in [-0.2, 0) is 6.54 Å². The molecule has 2 rings (SSSR count). The molecule has 0 aliphatic carbocycles. The van der Waals surface area contributed by atoms with E-state index in [9.17, 15) is 13.6 Å². The molecule has 7 heteroatoms. The van der Waals surface area contributed by atoms with Crippen LogP contribution in [0.15, 0.2) is 30.5 Å². The molecule has 0 saturated carbocycles. The summed E-state index contributed by atoms with van der Waals surface area (Å²) in [6.07, 6.45) is 1.42. The number of hydrogen-bond acceptors (Lipinski definition) is 3. The van der Waals surface area contributed by atoms with Crippen molar-refractivity contribution in [3.8, 4) is 0 Å². The number of nitrogens with zero attached hydrogens (tertiary/aromatic N) is 1. The molecular formula is C13H10ClF2N3O. The summed E-state index contributed by atoms with van der Waals surface area (Å²) < 4.78 is 26.5. The van der Waals surface area contributed by atoms with Crippen molar-refractivity contribution in [2.45, 2.75) is 6.54 Å². The van der Waals surface area contributed by atoms with Crippen molar-refractivity contribution < 1.29 is 13.6 Å². The number of benzene rings is 1. The lowest BCUT2D eigenvalue weighted by molar-refractivity contribution is 0.102. The summed E-state index contributed by atoms with van der Waals surface area (Å²) in [5.41, 5.74) is 5.91. The van der Waals surface area contributed by atoms with Gasteiger partial charge in [-0.2, -0.15) is 0 Å². The van der Waals surface area contributed by atoms with Gasteiger partial charge in [0.05, 0.1) is 16.4 Å². The van der Waals surface area contributed by atoms with Crippen molar-refractivity contribution in [2.24, 2.45) is 5.73 Å². The molecule has 1 aromatic carbocycles. The number of nitrogens with one attached hydrogen (secondary N) is 1. The fraction of sp³-hybridized carbons (Fsp3) is 0.0769. The van der Waals surface area contributed by atoms with Crippen LogP contribution in [0.4, 0.5) is 14.5 Å². The van der Waals surface area contributed by atoms with Gasteiger partial charge >= 0.3 is 0 Å². The molecule has 0 aliphatic rings. The summed E-state index contributed by atoms with van der Waals surface area (Å²) in [5.74, 6) is -2.36. The molecule has 0 fully saturated rings. The zero-order chi connectivity index (χ0) is 14.7. The highest BCUT2D eigenvalue weighted by Gasteiger charge is 2.14. The molecule has 104 valence electrons. The molecular weight excluding hydrogens is 288 g/mol. The highest BCUT2D eigenvalue weighted by molar-refractivity contribution is 6.34. The van der Waals surface area contributed by atoms with E-state index in [-0.39, 0.29) is 22.8 Å². The summed E-state index contributed by atoms with van der Waals surface area (Å²) in [7, 11) is 0. The van der Waals surface area contributed by atoms with Crippen molar-refractivity contribution in [1.82, 2.24) is 4.98 Å². The molecule has 0 spiro atoms. The average molecular weight is 298 g/mol. The van der Waals surface area contributed by atoms with Gasteiger partial charge in [-0.05, 0) is 18.2 Å². The predicted molar refractivity (Wildman–Crippen MR) is 71.4 cm³/mol. The van der Waals surface area contributed by atoms with Crippen LogP contribution in [0.1, 0.15) is 16.1 Å². The number of anilines is 1. The first kappa shape index (κ1) is 14.4. The molecule has 1 amide bonds. The van der Waals surface area contributed by atoms with Crippen LogP contribution in [0.3, 0.4) is 0 Å². The van der Waals surface area contributed by atoms with E-state index < -0.39 is 17.5 Å². The number of pyridine rings is 1. The fourth-order valence-electron chi connectivity index (χ4n) is 1.58. The standard InChI is InChI=1S/C13H10ClF2N3O/c14-10-4-8(15)5-11(16)12(10)19-13(20)7-1-2-18-9(3-7)6-17/h1-5H,6,17H2,(H,19,20). The van der Waals surface area contributed by atoms with Gasteiger partial charge in [0, 0.05) is 24.4 Å². The molecule has 1 aromatic heterocycles. The number of amides is 1. The van der Waals surface area contributed by atoms with E-state index in [2.05, 4.69) is 10.3 Å². The zero-order valence-electron chi connectivity index (χ0n) is 10.2. The van der Waals surface area contributed by atoms with E-state index in [0.717, 1.165) is 6.07 Å². The Morgan fingerprint density at radius 1 is 1.35 bits per heavy atom. The quantitative estimate of drug-likeness (QED) is 0.915. The Bertz CT molecular complexity index is 641. The Kier molecular flexibility index (Phi) is 4.26. The van der Waals surface area contributed by atoms with E-state index in [1.54, 1.807) is 0 Å². The second-order valence-corrected chi connectivity index (χ2v) is 4.35. The van der Waals surface area contributed by atoms with Crippen LogP contribution < -0.4 is 11.1 Å². The van der Waals surface area contributed by atoms with Crippen molar-refractivity contribution in [3.05, 3.63) is 58.4 Å². The molecule has 1 heterocycles. The summed E-state index contributed by atoms with van der Waals surface area (Å²) in [5, 5.41) is 2.07. The van der Waals surface area contributed by atoms with Crippen LogP contribution in [0.2, 0.25) is 5.02 Å². The number of rotatable bonds is 3. The number of hydrogen-bond donors (Lipinski definition) is 2. The minimum Gasteiger partial charge on any atom is -0.325 e. The number of halogens is 3. The maximum Gasteiger partial charge on any atom is 0.255 e. The van der Waals surface area contributed by atoms with E-state index in [1.807, 2.05) is 0 Å². The van der Waals surface area contributed by atoms with Crippen LogP contribution in [0.5, 0.6) is 0 Å². The molecule has 2 aromatic rings. The minimum absolute atomic E-state index is 0.173. The Labute approximate surface area is 118 Å². The maximum absolute atomic E-state index is 13.6. The second-order valence-electron chi connectivity index (χ2n) is 3.94. The van der Waals surface area contributed by atoms with Crippen molar-refractivity contribution in [3.63, 3.8) is 0 Å². The third-order valence-corrected chi connectivity index (χ3v) is 2.83. The van der Waals surface area contributed by atoms with Crippen molar-refractivity contribution >= 4 is 23.2 Å². The van der Waals surface area contributed by atoms with Gasteiger partial charge in [0.15, 0.2) is 5.82 Å². The van der Waals surface area contributed by atoms with E-state index >= 15 is 0 Å². The topological polar surface area (TPSA) is 68.0 Å². The van der Waals surface area contributed by atoms with Crippen LogP contribution in [0, 0.1) is 11.6 Å². The van der Waals surface area contributed by atoms with Gasteiger partial charge in [0.2, 0.25) is 0 Å². The Balaban J connectivity index is 2.28. The molecule has 0 saturated heterocycles. The molecule has 4 nitrogen and oxygen atoms in total. The van der Waals surface area contributed by atoms with Gasteiger partial charge in [-0.1, -0.05) is 11.6 Å². The smallest absolute Gasteiger partial charge is 0.255 e. The number of carbonyl (C=O) groups is 1. The van der Waals surface area contributed by atoms with Crippen LogP contribution in [-0.4, -0.2) is 10.9 Å². The highest BCUT2D eigenvalue weighted by Crippen LogP contribution is 2.26. The SMILES string of the molecule is NCc1cc(C(=O)Nc2c(F)cc(F)cc2Cl)ccn1. The van der Waals surface area contributed by atoms with Crippen LogP contribution >= 0.6 is 11.6 Å². The fourth-order valence-corrected chi connectivity index (χ4v) is 1.82. The highest BCUT2D eigenvalue weighted by atomic mass is 35.5. The first-order valence-electron chi connectivity index (χ1n) is 5.62. The van der Waals surface area contributed by atoms with Gasteiger partial charge in [-0.25, -0.2) is 8.78 Å². The summed E-state index contributed by atoms with van der Waals surface area (Å²) in [6, 6.07) is 4.48. The molecule has 0 aliphatic heterocycles. The third kappa shape index (κ3) is 3.09. The van der Waals surface area contributed by atoms with Crippen molar-refractivity contribution in [1.29, 1.82) is 0 Å². The Morgan fingerprint density at radius 2 is 2.10 bits per heavy atom. The van der Waals surface area contributed by atoms with Crippen molar-refractivity contribution in [2.75, 3.05) is 5.32 Å². The molecule has 20 heavy (non-hydrogen) atoms. The number of aromatic nitrogens is 1. The third-order valence-electron chi connectivity index (χ3n) is 2.53. The summed E-state index contributed by atoms with van der Waals surface area (Å²) in [6.45, 7) is 0.173. The minimum atomic E-state index is -0.948. The largest absolute Gasteiger partial charge is 0.325 e. The number of nitrogens with two attached hydrogens (primary N) is 1. The average Bonchev–Trinajstić information content (AvgIpc) is 2.42. The lowest BCUT2D eigenvalue weighted by Crippen LogP contribution is -2.14. The molecule has 0 unspecified atom stereocenters. The molecule has 3 N–H and O–H groups in total. The monoisotopic (exact) mass is 297 g/mol. The molecule has 0 atom stereocenters. The maximum atomic E-state index is 13.6. The van der Waals surface area contributed by atoms with Gasteiger partial charge in [-0.15, -0.1) is 0 Å². The zero-order valence-corrected chi connectivity index (χ0v) is 10.9. The van der Waals surface area contributed by atoms with E-state index in [4.69, 9.17) is 17.3 Å². The van der Waals surface area contributed by atoms with Gasteiger partial charge in [0.25, 0.3) is 5.91 Å². The van der Waals surface area contributed by atoms with E-state index in [1.165, 1.54) is 18.3 Å². The van der Waals surface area contributed by atoms with Crippen LogP contribution in [0.25, 0.3) is 0 Å². The lowest BCUT2D eigenvalue weighted by Gasteiger charge is -2.09. The first-order valence-corrected chi connectivity index (χ1v) is 6.00. The van der Waals surface area contributed by atoms with E-state index in [0.29, 0.717) is 11.8 Å². The van der Waals surface area contributed by atoms with Gasteiger partial charge < -0.3 is 11.1 Å². The second kappa shape index (κ2) is 5.94. The summed E-state index contributed by atoms with van der Waals surface area (Å²) in [4.78, 5) is 15.9. The Hall–Kier alpha value is -2.05. The first-order chi connectivity index (χ1) is 9.51. The summed E-state index contributed by atoms with van der Waals surface area (Å²) >= 11 is 5.70. The number of carbonyl (C=O) groups excluding carboxylic acids is 1. The lowest BCUT2D eigenvalue weighted by atomic mass is 10.2. The molecule has 0 bridgehead atoms.